The number of rotatable bonds is 4. The second-order valence-corrected chi connectivity index (χ2v) is 20.7. The first kappa shape index (κ1) is 37.9. The van der Waals surface area contributed by atoms with E-state index in [1.165, 1.54) is 96.7 Å². The van der Waals surface area contributed by atoms with E-state index >= 15 is 0 Å². The van der Waals surface area contributed by atoms with E-state index in [9.17, 15) is 0 Å². The molecule has 3 aliphatic carbocycles. The van der Waals surface area contributed by atoms with Gasteiger partial charge in [0.1, 0.15) is 0 Å². The van der Waals surface area contributed by atoms with Crippen molar-refractivity contribution in [3.63, 3.8) is 0 Å². The van der Waals surface area contributed by atoms with E-state index in [0.717, 1.165) is 6.42 Å². The number of fused-ring (bicyclic) bond motifs is 7. The van der Waals surface area contributed by atoms with Gasteiger partial charge in [-0.2, -0.15) is 0 Å². The summed E-state index contributed by atoms with van der Waals surface area (Å²) in [6.07, 6.45) is 15.8. The SMILES string of the molecule is CC(C)(C)C1=CC(C2=c3ccccc3=C(c3cccc4sc5cc(-c6c7ccccc7c(-c7ccccc7)c7ccccc67)ccc5c34)C3C=CC=CC23)=CC(C(C)(C)C)C1. The molecule has 0 radical (unpaired) electrons. The molecule has 0 aliphatic heterocycles. The van der Waals surface area contributed by atoms with Crippen molar-refractivity contribution in [2.45, 2.75) is 48.0 Å². The highest BCUT2D eigenvalue weighted by molar-refractivity contribution is 7.25. The van der Waals surface area contributed by atoms with Crippen molar-refractivity contribution >= 4 is 64.2 Å². The van der Waals surface area contributed by atoms with Gasteiger partial charge in [-0.05, 0) is 112 Å². The minimum absolute atomic E-state index is 0.109. The number of allylic oxidation sites excluding steroid dienone is 8. The minimum atomic E-state index is 0.109. The molecule has 298 valence electrons. The summed E-state index contributed by atoms with van der Waals surface area (Å²) in [5, 5.41) is 10.6. The third-order valence-corrected chi connectivity index (χ3v) is 15.0. The van der Waals surface area contributed by atoms with Crippen molar-refractivity contribution in [3.05, 3.63) is 203 Å². The van der Waals surface area contributed by atoms with E-state index in [1.807, 2.05) is 11.3 Å². The molecule has 0 bridgehead atoms. The summed E-state index contributed by atoms with van der Waals surface area (Å²) in [6.45, 7) is 14.4. The fourth-order valence-corrected chi connectivity index (χ4v) is 11.9. The molecule has 3 unspecified atom stereocenters. The Balaban J connectivity index is 1.15. The van der Waals surface area contributed by atoms with Crippen LogP contribution in [0.1, 0.15) is 53.5 Å². The first-order valence-electron chi connectivity index (χ1n) is 22.1. The van der Waals surface area contributed by atoms with Gasteiger partial charge in [0, 0.05) is 32.0 Å². The zero-order valence-electron chi connectivity index (χ0n) is 36.1. The van der Waals surface area contributed by atoms with E-state index < -0.39 is 0 Å². The third kappa shape index (κ3) is 6.23. The molecule has 61 heavy (non-hydrogen) atoms. The fraction of sp³-hybridized carbons (Fsp3) is 0.200. The van der Waals surface area contributed by atoms with Gasteiger partial charge in [0.25, 0.3) is 0 Å². The monoisotopic (exact) mass is 804 g/mol. The Morgan fingerprint density at radius 3 is 1.70 bits per heavy atom. The molecule has 3 atom stereocenters. The molecule has 1 heteroatoms. The van der Waals surface area contributed by atoms with E-state index in [-0.39, 0.29) is 22.7 Å². The van der Waals surface area contributed by atoms with Gasteiger partial charge >= 0.3 is 0 Å². The molecule has 3 aliphatic rings. The first-order chi connectivity index (χ1) is 29.5. The molecule has 0 spiro atoms. The maximum absolute atomic E-state index is 2.63. The molecule has 0 saturated carbocycles. The molecule has 0 fully saturated rings. The van der Waals surface area contributed by atoms with Crippen LogP contribution in [-0.4, -0.2) is 0 Å². The zero-order valence-corrected chi connectivity index (χ0v) is 36.9. The number of hydrogen-bond acceptors (Lipinski definition) is 1. The van der Waals surface area contributed by atoms with Gasteiger partial charge in [-0.3, -0.25) is 0 Å². The van der Waals surface area contributed by atoms with Gasteiger partial charge < -0.3 is 0 Å². The van der Waals surface area contributed by atoms with Crippen LogP contribution in [0.15, 0.2) is 187 Å². The summed E-state index contributed by atoms with van der Waals surface area (Å²) in [5.41, 5.74) is 12.7. The number of hydrogen-bond donors (Lipinski definition) is 0. The van der Waals surface area contributed by atoms with E-state index in [0.29, 0.717) is 5.92 Å². The highest BCUT2D eigenvalue weighted by atomic mass is 32.1. The lowest BCUT2D eigenvalue weighted by atomic mass is 9.65. The second-order valence-electron chi connectivity index (χ2n) is 19.6. The Morgan fingerprint density at radius 1 is 0.508 bits per heavy atom. The Hall–Kier alpha value is -6.02. The quantitative estimate of drug-likeness (QED) is 0.155. The summed E-state index contributed by atoms with van der Waals surface area (Å²) in [4.78, 5) is 0. The molecule has 11 rings (SSSR count). The van der Waals surface area contributed by atoms with Crippen molar-refractivity contribution in [2.24, 2.45) is 28.6 Å². The standard InChI is InChI=1S/C60H52S/c1-59(2,3)40-33-39(34-41(36-40)60(4,5)6)56-46-25-14-16-27-48(46)57(49-28-17-15-26-47(49)56)51-29-18-30-52-58(51)50-32-31-38(35-53(50)61-52)55-44-23-12-10-21-42(44)54(37-19-8-7-9-20-37)43-22-11-13-24-45(43)55/h7-35,40,46,48H,36H2,1-6H3. The molecule has 7 aromatic carbocycles. The Bertz CT molecular complexity index is 3290. The van der Waals surface area contributed by atoms with Crippen LogP contribution in [0.4, 0.5) is 0 Å². The Morgan fingerprint density at radius 2 is 1.08 bits per heavy atom. The third-order valence-electron chi connectivity index (χ3n) is 13.9. The second kappa shape index (κ2) is 14.3. The molecule has 1 aromatic heterocycles. The molecular formula is C60H52S. The first-order valence-corrected chi connectivity index (χ1v) is 22.9. The predicted molar refractivity (Wildman–Crippen MR) is 265 cm³/mol. The summed E-state index contributed by atoms with van der Waals surface area (Å²) < 4.78 is 2.67. The largest absolute Gasteiger partial charge is 0.135 e. The van der Waals surface area contributed by atoms with Crippen LogP contribution in [-0.2, 0) is 0 Å². The zero-order chi connectivity index (χ0) is 41.6. The molecule has 8 aromatic rings. The fourth-order valence-electron chi connectivity index (χ4n) is 10.8. The average Bonchev–Trinajstić information content (AvgIpc) is 3.65. The van der Waals surface area contributed by atoms with Crippen molar-refractivity contribution < 1.29 is 0 Å². The molecule has 1 heterocycles. The molecular weight excluding hydrogens is 753 g/mol. The topological polar surface area (TPSA) is 0 Å². The van der Waals surface area contributed by atoms with E-state index in [1.54, 1.807) is 5.57 Å². The lowest BCUT2D eigenvalue weighted by molar-refractivity contribution is 0.274. The molecule has 0 saturated heterocycles. The van der Waals surface area contributed by atoms with Crippen LogP contribution in [0.2, 0.25) is 0 Å². The lowest BCUT2D eigenvalue weighted by Gasteiger charge is -2.39. The van der Waals surface area contributed by atoms with Gasteiger partial charge in [0.05, 0.1) is 0 Å². The van der Waals surface area contributed by atoms with Gasteiger partial charge in [-0.1, -0.05) is 211 Å². The lowest BCUT2D eigenvalue weighted by Crippen LogP contribution is -2.40. The van der Waals surface area contributed by atoms with Crippen molar-refractivity contribution in [1.82, 2.24) is 0 Å². The van der Waals surface area contributed by atoms with Crippen LogP contribution < -0.4 is 10.4 Å². The average molecular weight is 805 g/mol. The van der Waals surface area contributed by atoms with E-state index in [2.05, 4.69) is 218 Å². The summed E-state index contributed by atoms with van der Waals surface area (Å²) in [6, 6.07) is 52.5. The summed E-state index contributed by atoms with van der Waals surface area (Å²) in [7, 11) is 0. The maximum atomic E-state index is 2.63. The van der Waals surface area contributed by atoms with Crippen molar-refractivity contribution in [2.75, 3.05) is 0 Å². The normalized spacial score (nSPS) is 19.1. The maximum Gasteiger partial charge on any atom is 0.0361 e. The van der Waals surface area contributed by atoms with Crippen LogP contribution in [0.3, 0.4) is 0 Å². The predicted octanol–water partition coefficient (Wildman–Crippen LogP) is 15.4. The summed E-state index contributed by atoms with van der Waals surface area (Å²) in [5.74, 6) is 0.935. The molecule has 0 N–H and O–H groups in total. The summed E-state index contributed by atoms with van der Waals surface area (Å²) >= 11 is 1.93. The van der Waals surface area contributed by atoms with Gasteiger partial charge in [0.2, 0.25) is 0 Å². The number of thiophene rings is 1. The number of benzene rings is 7. The van der Waals surface area contributed by atoms with Gasteiger partial charge in [0.15, 0.2) is 0 Å². The van der Waals surface area contributed by atoms with Gasteiger partial charge in [-0.25, -0.2) is 0 Å². The van der Waals surface area contributed by atoms with Gasteiger partial charge in [-0.15, -0.1) is 11.3 Å². The van der Waals surface area contributed by atoms with E-state index in [4.69, 9.17) is 0 Å². The van der Waals surface area contributed by atoms with Crippen LogP contribution in [0.5, 0.6) is 0 Å². The Kier molecular flexibility index (Phi) is 8.89. The highest BCUT2D eigenvalue weighted by Gasteiger charge is 2.37. The molecule has 0 nitrogen and oxygen atoms in total. The Labute approximate surface area is 364 Å². The van der Waals surface area contributed by atoms with Crippen molar-refractivity contribution in [1.29, 1.82) is 0 Å². The smallest absolute Gasteiger partial charge is 0.0361 e. The van der Waals surface area contributed by atoms with Crippen LogP contribution >= 0.6 is 11.3 Å². The van der Waals surface area contributed by atoms with Crippen LogP contribution in [0, 0.1) is 28.6 Å². The molecule has 0 amide bonds. The van der Waals surface area contributed by atoms with Crippen molar-refractivity contribution in [3.8, 4) is 22.3 Å². The van der Waals surface area contributed by atoms with Crippen LogP contribution in [0.25, 0.3) is 75.1 Å². The highest BCUT2D eigenvalue weighted by Crippen LogP contribution is 2.50. The minimum Gasteiger partial charge on any atom is -0.135 e.